The van der Waals surface area contributed by atoms with Crippen LogP contribution in [0.4, 0.5) is 0 Å². The smallest absolute Gasteiger partial charge is 0.0357 e. The molecule has 194 valence electrons. The summed E-state index contributed by atoms with van der Waals surface area (Å²) in [6.07, 6.45) is 5.73. The number of fused-ring (bicyclic) bond motifs is 3. The largest absolute Gasteiger partial charge is 0.0651 e. The first-order chi connectivity index (χ1) is 17.5. The first-order valence-corrected chi connectivity index (χ1v) is 14.6. The molecule has 0 radical (unpaired) electrons. The van der Waals surface area contributed by atoms with Crippen LogP contribution in [-0.2, 0) is 17.3 Å². The molecule has 0 heterocycles. The second-order valence-corrected chi connectivity index (χ2v) is 12.3. The molecule has 0 saturated carbocycles. The predicted octanol–water partition coefficient (Wildman–Crippen LogP) is 10.7. The highest BCUT2D eigenvalue weighted by Crippen LogP contribution is 2.59. The predicted molar refractivity (Wildman–Crippen MR) is 161 cm³/mol. The summed E-state index contributed by atoms with van der Waals surface area (Å²) in [6.45, 7) is 24.1. The van der Waals surface area contributed by atoms with E-state index in [1.807, 2.05) is 0 Å². The Kier molecular flexibility index (Phi) is 6.33. The quantitative estimate of drug-likeness (QED) is 0.322. The third-order valence-corrected chi connectivity index (χ3v) is 10.9. The van der Waals surface area contributed by atoms with Crippen LogP contribution >= 0.6 is 0 Å². The molecule has 2 unspecified atom stereocenters. The van der Waals surface area contributed by atoms with Crippen molar-refractivity contribution >= 4 is 0 Å². The van der Waals surface area contributed by atoms with Gasteiger partial charge in [-0.05, 0) is 130 Å². The highest BCUT2D eigenvalue weighted by molar-refractivity contribution is 5.82. The van der Waals surface area contributed by atoms with Crippen LogP contribution in [0, 0.1) is 0 Å². The van der Waals surface area contributed by atoms with Crippen LogP contribution in [0.2, 0.25) is 0 Å². The Balaban J connectivity index is 1.91. The SMILES string of the molecule is CCCC1=C(C)C(C)=C(C)C1(C)c1ccc2c(c1C1(C)C(C)=C(C)C(C)=C1CCC)Cc1ccccc1-2. The van der Waals surface area contributed by atoms with Crippen molar-refractivity contribution in [3.8, 4) is 11.1 Å². The average molecular weight is 491 g/mol. The van der Waals surface area contributed by atoms with Crippen LogP contribution in [-0.4, -0.2) is 0 Å². The fourth-order valence-corrected chi connectivity index (χ4v) is 8.24. The molecular formula is C37H46. The van der Waals surface area contributed by atoms with Gasteiger partial charge in [0.2, 0.25) is 0 Å². The molecule has 37 heavy (non-hydrogen) atoms. The van der Waals surface area contributed by atoms with Crippen LogP contribution in [0.3, 0.4) is 0 Å². The summed E-state index contributed by atoms with van der Waals surface area (Å²) in [4.78, 5) is 0. The number of hydrogen-bond donors (Lipinski definition) is 0. The maximum atomic E-state index is 2.57. The van der Waals surface area contributed by atoms with Crippen molar-refractivity contribution in [1.82, 2.24) is 0 Å². The van der Waals surface area contributed by atoms with Crippen molar-refractivity contribution in [2.75, 3.05) is 0 Å². The lowest BCUT2D eigenvalue weighted by Gasteiger charge is -2.42. The fraction of sp³-hybridized carbons (Fsp3) is 0.459. The van der Waals surface area contributed by atoms with Crippen molar-refractivity contribution in [3.63, 3.8) is 0 Å². The van der Waals surface area contributed by atoms with Crippen molar-refractivity contribution in [2.45, 2.75) is 112 Å². The Morgan fingerprint density at radius 3 is 1.76 bits per heavy atom. The van der Waals surface area contributed by atoms with Crippen LogP contribution in [0.15, 0.2) is 81.0 Å². The van der Waals surface area contributed by atoms with Crippen molar-refractivity contribution in [3.05, 3.63) is 103 Å². The Labute approximate surface area is 226 Å². The lowest BCUT2D eigenvalue weighted by atomic mass is 9.61. The van der Waals surface area contributed by atoms with Crippen molar-refractivity contribution in [1.29, 1.82) is 0 Å². The second-order valence-electron chi connectivity index (χ2n) is 12.3. The van der Waals surface area contributed by atoms with Crippen molar-refractivity contribution < 1.29 is 0 Å². The summed E-state index contributed by atoms with van der Waals surface area (Å²) < 4.78 is 0. The van der Waals surface area contributed by atoms with Gasteiger partial charge in [-0.1, -0.05) is 85.4 Å². The van der Waals surface area contributed by atoms with E-state index in [0.29, 0.717) is 0 Å². The maximum Gasteiger partial charge on any atom is 0.0357 e. The first-order valence-electron chi connectivity index (χ1n) is 14.6. The fourth-order valence-electron chi connectivity index (χ4n) is 8.24. The van der Waals surface area contributed by atoms with Gasteiger partial charge < -0.3 is 0 Å². The monoisotopic (exact) mass is 490 g/mol. The van der Waals surface area contributed by atoms with Crippen LogP contribution in [0.25, 0.3) is 11.1 Å². The van der Waals surface area contributed by atoms with E-state index < -0.39 is 0 Å². The topological polar surface area (TPSA) is 0 Å². The lowest BCUT2D eigenvalue weighted by Crippen LogP contribution is -2.34. The van der Waals surface area contributed by atoms with Gasteiger partial charge in [0.1, 0.15) is 0 Å². The van der Waals surface area contributed by atoms with Gasteiger partial charge in [-0.15, -0.1) is 0 Å². The third kappa shape index (κ3) is 3.33. The van der Waals surface area contributed by atoms with Gasteiger partial charge in [0, 0.05) is 10.8 Å². The molecule has 0 saturated heterocycles. The molecule has 2 aromatic carbocycles. The Bertz CT molecular complexity index is 1430. The van der Waals surface area contributed by atoms with Crippen molar-refractivity contribution in [2.24, 2.45) is 0 Å². The van der Waals surface area contributed by atoms with E-state index in [2.05, 4.69) is 106 Å². The number of hydrogen-bond acceptors (Lipinski definition) is 0. The van der Waals surface area contributed by atoms with Gasteiger partial charge in [0.15, 0.2) is 0 Å². The number of allylic oxidation sites excluding steroid dienone is 8. The molecule has 0 aliphatic heterocycles. The molecule has 0 nitrogen and oxygen atoms in total. The van der Waals surface area contributed by atoms with Crippen LogP contribution in [0.1, 0.15) is 117 Å². The molecule has 2 aromatic rings. The molecule has 5 rings (SSSR count). The molecule has 0 bridgehead atoms. The molecule has 0 aromatic heterocycles. The Morgan fingerprint density at radius 2 is 1.16 bits per heavy atom. The lowest BCUT2D eigenvalue weighted by molar-refractivity contribution is 0.570. The van der Waals surface area contributed by atoms with E-state index in [-0.39, 0.29) is 10.8 Å². The summed E-state index contributed by atoms with van der Waals surface area (Å²) in [6, 6.07) is 14.1. The molecule has 0 spiro atoms. The van der Waals surface area contributed by atoms with E-state index in [0.717, 1.165) is 19.3 Å². The van der Waals surface area contributed by atoms with E-state index in [9.17, 15) is 0 Å². The maximum absolute atomic E-state index is 2.57. The van der Waals surface area contributed by atoms with E-state index in [1.54, 1.807) is 39.0 Å². The summed E-state index contributed by atoms with van der Waals surface area (Å²) >= 11 is 0. The number of rotatable bonds is 6. The summed E-state index contributed by atoms with van der Waals surface area (Å²) in [5.41, 5.74) is 21.4. The molecular weight excluding hydrogens is 444 g/mol. The normalized spacial score (nSPS) is 25.1. The zero-order valence-electron chi connectivity index (χ0n) is 25.0. The zero-order valence-corrected chi connectivity index (χ0v) is 25.0. The van der Waals surface area contributed by atoms with Crippen LogP contribution in [0.5, 0.6) is 0 Å². The molecule has 0 fully saturated rings. The van der Waals surface area contributed by atoms with Gasteiger partial charge in [-0.25, -0.2) is 0 Å². The molecule has 0 N–H and O–H groups in total. The minimum Gasteiger partial charge on any atom is -0.0651 e. The van der Waals surface area contributed by atoms with Gasteiger partial charge in [-0.2, -0.15) is 0 Å². The molecule has 0 amide bonds. The average Bonchev–Trinajstić information content (AvgIpc) is 3.41. The standard InChI is InChI=1S/C37H46/c1-11-15-32-24(5)22(3)26(7)36(32,9)34-20-19-30-29-18-14-13-17-28(29)21-31(30)35(34)37(10)27(8)23(4)25(6)33(37)16-12-2/h13-14,17-20H,11-12,15-16,21H2,1-10H3. The molecule has 2 atom stereocenters. The zero-order chi connectivity index (χ0) is 26.9. The van der Waals surface area contributed by atoms with Gasteiger partial charge >= 0.3 is 0 Å². The Hall–Kier alpha value is -2.60. The van der Waals surface area contributed by atoms with E-state index >= 15 is 0 Å². The number of benzene rings is 2. The summed E-state index contributed by atoms with van der Waals surface area (Å²) in [5, 5.41) is 0. The third-order valence-electron chi connectivity index (χ3n) is 10.9. The highest BCUT2D eigenvalue weighted by Gasteiger charge is 2.48. The van der Waals surface area contributed by atoms with Gasteiger partial charge in [0.05, 0.1) is 0 Å². The summed E-state index contributed by atoms with van der Waals surface area (Å²) in [5.74, 6) is 0. The second kappa shape index (κ2) is 9.00. The van der Waals surface area contributed by atoms with Gasteiger partial charge in [-0.3, -0.25) is 0 Å². The molecule has 0 heteroatoms. The minimum absolute atomic E-state index is 0.0612. The van der Waals surface area contributed by atoms with Gasteiger partial charge in [0.25, 0.3) is 0 Å². The minimum atomic E-state index is -0.0715. The van der Waals surface area contributed by atoms with Crippen LogP contribution < -0.4 is 0 Å². The molecule has 3 aliphatic rings. The Morgan fingerprint density at radius 1 is 0.622 bits per heavy atom. The first kappa shape index (κ1) is 26.0. The summed E-state index contributed by atoms with van der Waals surface area (Å²) in [7, 11) is 0. The highest BCUT2D eigenvalue weighted by atomic mass is 14.5. The van der Waals surface area contributed by atoms with E-state index in [1.165, 1.54) is 51.8 Å². The van der Waals surface area contributed by atoms with E-state index in [4.69, 9.17) is 0 Å². The molecule has 3 aliphatic carbocycles.